The molecular formula is C27H41ClN2. The third-order valence-electron chi connectivity index (χ3n) is 6.59. The molecular weight excluding hydrogens is 388 g/mol. The minimum Gasteiger partial charge on any atom is -1.00 e. The van der Waals surface area contributed by atoms with E-state index in [1.54, 1.807) is 11.4 Å². The highest BCUT2D eigenvalue weighted by molar-refractivity contribution is 5.73. The summed E-state index contributed by atoms with van der Waals surface area (Å²) in [5.41, 5.74) is 9.14. The van der Waals surface area contributed by atoms with Crippen LogP contribution in [0.1, 0.15) is 101 Å². The van der Waals surface area contributed by atoms with Crippen molar-refractivity contribution in [2.24, 2.45) is 0 Å². The van der Waals surface area contributed by atoms with Crippen molar-refractivity contribution in [3.05, 3.63) is 58.7 Å². The molecule has 0 aromatic heterocycles. The summed E-state index contributed by atoms with van der Waals surface area (Å²) in [6, 6.07) is 14.0. The predicted octanol–water partition coefficient (Wildman–Crippen LogP) is 4.38. The summed E-state index contributed by atoms with van der Waals surface area (Å²) in [5.74, 6) is 2.03. The van der Waals surface area contributed by atoms with Gasteiger partial charge in [-0.3, -0.25) is 5.32 Å². The maximum absolute atomic E-state index is 3.75. The summed E-state index contributed by atoms with van der Waals surface area (Å²) in [4.78, 5) is 0. The van der Waals surface area contributed by atoms with Gasteiger partial charge in [0, 0.05) is 22.3 Å². The summed E-state index contributed by atoms with van der Waals surface area (Å²) in [5, 5.41) is 3.75. The van der Waals surface area contributed by atoms with Crippen molar-refractivity contribution in [3.8, 4) is 0 Å². The average molecular weight is 429 g/mol. The Morgan fingerprint density at radius 2 is 0.967 bits per heavy atom. The van der Waals surface area contributed by atoms with Gasteiger partial charge in [0.15, 0.2) is 0 Å². The lowest BCUT2D eigenvalue weighted by atomic mass is 9.86. The molecule has 0 bridgehead atoms. The van der Waals surface area contributed by atoms with E-state index in [4.69, 9.17) is 0 Å². The van der Waals surface area contributed by atoms with Crippen molar-refractivity contribution in [1.29, 1.82) is 0 Å². The lowest BCUT2D eigenvalue weighted by molar-refractivity contribution is -0.00000650. The molecule has 3 rings (SSSR count). The fourth-order valence-electron chi connectivity index (χ4n) is 5.12. The van der Waals surface area contributed by atoms with Gasteiger partial charge >= 0.3 is 0 Å². The average Bonchev–Trinajstić information content (AvgIpc) is 3.17. The number of hydrogen-bond donors (Lipinski definition) is 1. The molecule has 0 saturated carbocycles. The Morgan fingerprint density at radius 1 is 0.633 bits per heavy atom. The molecule has 0 atom stereocenters. The van der Waals surface area contributed by atoms with Crippen LogP contribution in [-0.2, 0) is 0 Å². The van der Waals surface area contributed by atoms with Gasteiger partial charge in [-0.1, -0.05) is 91.8 Å². The Bertz CT molecular complexity index is 728. The van der Waals surface area contributed by atoms with E-state index in [0.29, 0.717) is 23.7 Å². The molecule has 0 unspecified atom stereocenters. The van der Waals surface area contributed by atoms with E-state index < -0.39 is 0 Å². The summed E-state index contributed by atoms with van der Waals surface area (Å²) >= 11 is 0. The third kappa shape index (κ3) is 4.33. The van der Waals surface area contributed by atoms with Crippen molar-refractivity contribution in [1.82, 2.24) is 9.80 Å². The molecule has 0 spiro atoms. The van der Waals surface area contributed by atoms with Gasteiger partial charge in [-0.05, 0) is 23.7 Å². The second-order valence-corrected chi connectivity index (χ2v) is 10.0. The van der Waals surface area contributed by atoms with E-state index in [1.807, 2.05) is 0 Å². The smallest absolute Gasteiger partial charge is 0.146 e. The first-order valence-corrected chi connectivity index (χ1v) is 11.5. The zero-order chi connectivity index (χ0) is 21.3. The second kappa shape index (κ2) is 9.85. The lowest BCUT2D eigenvalue weighted by Gasteiger charge is -2.40. The van der Waals surface area contributed by atoms with Crippen molar-refractivity contribution >= 4 is 11.4 Å². The Kier molecular flexibility index (Phi) is 8.18. The molecule has 1 fully saturated rings. The first-order chi connectivity index (χ1) is 13.7. The van der Waals surface area contributed by atoms with E-state index in [2.05, 4.69) is 97.1 Å². The number of halogens is 1. The van der Waals surface area contributed by atoms with Gasteiger partial charge < -0.3 is 12.4 Å². The van der Waals surface area contributed by atoms with Crippen molar-refractivity contribution < 1.29 is 12.4 Å². The highest BCUT2D eigenvalue weighted by Crippen LogP contribution is 2.49. The van der Waals surface area contributed by atoms with Crippen LogP contribution in [0.5, 0.6) is 0 Å². The van der Waals surface area contributed by atoms with Crippen LogP contribution in [0.25, 0.3) is 0 Å². The van der Waals surface area contributed by atoms with E-state index in [-0.39, 0.29) is 12.4 Å². The Morgan fingerprint density at radius 3 is 1.20 bits per heavy atom. The van der Waals surface area contributed by atoms with Gasteiger partial charge in [-0.2, -0.15) is 0 Å². The van der Waals surface area contributed by atoms with Gasteiger partial charge in [-0.25, -0.2) is 4.48 Å². The number of benzene rings is 2. The number of nitrogens with zero attached hydrogens (tertiary/aromatic N) is 1. The zero-order valence-corrected chi connectivity index (χ0v) is 21.0. The molecule has 2 nitrogen and oxygen atoms in total. The fourth-order valence-corrected chi connectivity index (χ4v) is 5.12. The molecule has 1 saturated heterocycles. The second-order valence-electron chi connectivity index (χ2n) is 10.0. The number of hydrogen-bond acceptors (Lipinski definition) is 1. The quantitative estimate of drug-likeness (QED) is 0.673. The maximum atomic E-state index is 3.75. The van der Waals surface area contributed by atoms with Gasteiger partial charge in [0.25, 0.3) is 0 Å². The normalized spacial score (nSPS) is 16.0. The molecule has 0 radical (unpaired) electrons. The highest BCUT2D eigenvalue weighted by Gasteiger charge is 2.44. The van der Waals surface area contributed by atoms with E-state index in [9.17, 15) is 0 Å². The largest absolute Gasteiger partial charge is 1.00 e. The van der Waals surface area contributed by atoms with Crippen LogP contribution in [-0.4, -0.2) is 19.8 Å². The first kappa shape index (κ1) is 24.9. The molecule has 3 heteroatoms. The fraction of sp³-hybridized carbons (Fsp3) is 0.556. The molecule has 166 valence electrons. The van der Waals surface area contributed by atoms with E-state index in [1.165, 1.54) is 22.3 Å². The standard InChI is InChI=1S/C27H41N2.ClH/c1-18(2)22-11-9-12-23(19(3)4)26(22)29(16-15-28-17-29)27-24(20(5)6)13-10-14-25(27)21(7)8;/h9-14,18-21,28H,15-17H2,1-8H3;1H/q+1;/p-1. The summed E-state index contributed by atoms with van der Waals surface area (Å²) in [7, 11) is 0. The monoisotopic (exact) mass is 428 g/mol. The molecule has 2 aromatic rings. The Hall–Kier alpha value is -1.35. The topological polar surface area (TPSA) is 12.0 Å². The molecule has 1 aliphatic rings. The minimum atomic E-state index is 0. The molecule has 1 aliphatic heterocycles. The van der Waals surface area contributed by atoms with E-state index >= 15 is 0 Å². The SMILES string of the molecule is CC(C)c1cccc(C(C)C)c1[N+]1(c2c(C(C)C)cccc2C(C)C)CCNC1.[Cl-]. The van der Waals surface area contributed by atoms with Gasteiger partial charge in [0.1, 0.15) is 24.6 Å². The van der Waals surface area contributed by atoms with Crippen LogP contribution in [0.15, 0.2) is 36.4 Å². The lowest BCUT2D eigenvalue weighted by Crippen LogP contribution is -3.00. The molecule has 0 amide bonds. The van der Waals surface area contributed by atoms with Crippen LogP contribution >= 0.6 is 0 Å². The zero-order valence-electron chi connectivity index (χ0n) is 20.2. The van der Waals surface area contributed by atoms with Crippen LogP contribution in [0.4, 0.5) is 11.4 Å². The number of quaternary nitrogens is 1. The van der Waals surface area contributed by atoms with Crippen molar-refractivity contribution in [2.75, 3.05) is 19.8 Å². The first-order valence-electron chi connectivity index (χ1n) is 11.5. The van der Waals surface area contributed by atoms with Gasteiger partial charge in [-0.15, -0.1) is 0 Å². The van der Waals surface area contributed by atoms with Crippen LogP contribution in [0.3, 0.4) is 0 Å². The third-order valence-corrected chi connectivity index (χ3v) is 6.59. The molecule has 1 heterocycles. The summed E-state index contributed by atoms with van der Waals surface area (Å²) in [6.45, 7) is 21.9. The molecule has 2 aromatic carbocycles. The predicted molar refractivity (Wildman–Crippen MR) is 128 cm³/mol. The number of para-hydroxylation sites is 2. The van der Waals surface area contributed by atoms with Gasteiger partial charge in [0.05, 0.1) is 6.54 Å². The minimum absolute atomic E-state index is 0. The van der Waals surface area contributed by atoms with Crippen LogP contribution in [0.2, 0.25) is 0 Å². The number of nitrogens with one attached hydrogen (secondary N) is 1. The van der Waals surface area contributed by atoms with Gasteiger partial charge in [0.2, 0.25) is 0 Å². The van der Waals surface area contributed by atoms with E-state index in [0.717, 1.165) is 24.2 Å². The van der Waals surface area contributed by atoms with Crippen molar-refractivity contribution in [2.45, 2.75) is 79.1 Å². The maximum Gasteiger partial charge on any atom is 0.146 e. The molecule has 0 aliphatic carbocycles. The van der Waals surface area contributed by atoms with Crippen LogP contribution < -0.4 is 22.2 Å². The number of rotatable bonds is 6. The van der Waals surface area contributed by atoms with Crippen LogP contribution in [0, 0.1) is 0 Å². The summed E-state index contributed by atoms with van der Waals surface area (Å²) < 4.78 is 0.948. The molecule has 30 heavy (non-hydrogen) atoms. The highest BCUT2D eigenvalue weighted by atomic mass is 35.5. The molecule has 1 N–H and O–H groups in total. The summed E-state index contributed by atoms with van der Waals surface area (Å²) in [6.07, 6.45) is 0. The Balaban J connectivity index is 0.00000320. The Labute approximate surface area is 191 Å². The van der Waals surface area contributed by atoms with Crippen molar-refractivity contribution in [3.63, 3.8) is 0 Å².